The van der Waals surface area contributed by atoms with E-state index in [4.69, 9.17) is 0 Å². The van der Waals surface area contributed by atoms with Crippen molar-refractivity contribution in [2.45, 2.75) is 0 Å². The average molecular weight is 300 g/mol. The number of esters is 1. The number of carbonyl (C=O) groups excluding carboxylic acids is 1. The molecule has 0 unspecified atom stereocenters. The van der Waals surface area contributed by atoms with Crippen molar-refractivity contribution in [1.29, 1.82) is 0 Å². The highest BCUT2D eigenvalue weighted by Gasteiger charge is 2.15. The van der Waals surface area contributed by atoms with Gasteiger partial charge in [0.25, 0.3) is 0 Å². The smallest absolute Gasteiger partial charge is 0.338 e. The van der Waals surface area contributed by atoms with Gasteiger partial charge in [0.05, 0.1) is 18.4 Å². The van der Waals surface area contributed by atoms with Crippen molar-refractivity contribution in [3.8, 4) is 0 Å². The quantitative estimate of drug-likeness (QED) is 0.387. The van der Waals surface area contributed by atoms with Gasteiger partial charge < -0.3 is 9.84 Å². The molecule has 0 heterocycles. The summed E-state index contributed by atoms with van der Waals surface area (Å²) in [4.78, 5) is 11.7. The summed E-state index contributed by atoms with van der Waals surface area (Å²) in [5.74, 6) is -1.39. The zero-order valence-electron chi connectivity index (χ0n) is 11.8. The number of hydrogen-bond donors (Lipinski definition) is 2. The molecule has 0 saturated carbocycles. The van der Waals surface area contributed by atoms with Gasteiger partial charge in [-0.3, -0.25) is 10.4 Å². The van der Waals surface area contributed by atoms with Crippen molar-refractivity contribution in [1.82, 2.24) is 5.23 Å². The maximum Gasteiger partial charge on any atom is 0.338 e. The van der Waals surface area contributed by atoms with Crippen LogP contribution in [0.2, 0.25) is 0 Å². The van der Waals surface area contributed by atoms with Crippen molar-refractivity contribution >= 4 is 17.4 Å². The van der Waals surface area contributed by atoms with Gasteiger partial charge in [-0.25, -0.2) is 4.79 Å². The van der Waals surface area contributed by atoms with Crippen molar-refractivity contribution in [2.75, 3.05) is 7.11 Å². The minimum atomic E-state index is -0.711. The molecule has 0 amide bonds. The number of rotatable bonds is 4. The van der Waals surface area contributed by atoms with Gasteiger partial charge >= 0.3 is 5.97 Å². The van der Waals surface area contributed by atoms with Gasteiger partial charge in [-0.2, -0.15) is 0 Å². The molecule has 0 aliphatic carbocycles. The first kappa shape index (κ1) is 15.6. The Kier molecular flexibility index (Phi) is 4.77. The van der Waals surface area contributed by atoms with Crippen LogP contribution in [-0.4, -0.2) is 28.7 Å². The third-order valence-corrected chi connectivity index (χ3v) is 3.04. The predicted molar refractivity (Wildman–Crippen MR) is 76.4 cm³/mol. The topological polar surface area (TPSA) is 93.1 Å². The van der Waals surface area contributed by atoms with Crippen LogP contribution in [0, 0.1) is 0 Å². The van der Waals surface area contributed by atoms with Crippen molar-refractivity contribution in [2.24, 2.45) is 0 Å². The van der Waals surface area contributed by atoms with E-state index in [1.807, 2.05) is 0 Å². The number of benzene rings is 2. The molecule has 0 atom stereocenters. The van der Waals surface area contributed by atoms with Gasteiger partial charge in [-0.05, 0) is 11.6 Å². The lowest BCUT2D eigenvalue weighted by Crippen LogP contribution is -2.20. The lowest BCUT2D eigenvalue weighted by atomic mass is 10.0. The van der Waals surface area contributed by atoms with E-state index in [2.05, 4.69) is 4.74 Å². The highest BCUT2D eigenvalue weighted by Crippen LogP contribution is 2.26. The van der Waals surface area contributed by atoms with E-state index < -0.39 is 11.7 Å². The van der Waals surface area contributed by atoms with Gasteiger partial charge in [-0.1, -0.05) is 54.3 Å². The van der Waals surface area contributed by atoms with Crippen LogP contribution in [0.4, 0.5) is 0 Å². The minimum Gasteiger partial charge on any atom is -0.871 e. The van der Waals surface area contributed by atoms with Crippen molar-refractivity contribution < 1.29 is 25.1 Å². The lowest BCUT2D eigenvalue weighted by Gasteiger charge is -2.24. The second-order valence-corrected chi connectivity index (χ2v) is 4.37. The maximum atomic E-state index is 12.6. The molecule has 2 aromatic rings. The molecular formula is C16H14NO5-. The summed E-state index contributed by atoms with van der Waals surface area (Å²) in [5, 5.41) is 31.2. The molecule has 0 fully saturated rings. The summed E-state index contributed by atoms with van der Waals surface area (Å²) in [5.41, 5.74) is 0.000654. The first-order valence-corrected chi connectivity index (χ1v) is 6.38. The number of nitrogens with zero attached hydrogens (tertiary/aromatic N) is 1. The maximum absolute atomic E-state index is 12.6. The standard InChI is InChI=1S/C16H15NO5/c1-22-16(19)13-10-6-5-9-12(13)15(18)14(17(20)21)11-7-3-2-4-8-11/h2-10,18,20-21H,1H3/p-1. The monoisotopic (exact) mass is 300 g/mol. The summed E-state index contributed by atoms with van der Waals surface area (Å²) in [6, 6.07) is 14.1. The van der Waals surface area contributed by atoms with E-state index in [-0.39, 0.29) is 22.1 Å². The fraction of sp³-hybridized carbons (Fsp3) is 0.0625. The zero-order chi connectivity index (χ0) is 16.1. The Hall–Kier alpha value is -2.83. The first-order valence-electron chi connectivity index (χ1n) is 6.38. The molecule has 2 aromatic carbocycles. The van der Waals surface area contributed by atoms with Crippen LogP contribution < -0.4 is 5.11 Å². The molecule has 0 spiro atoms. The Balaban J connectivity index is 2.65. The molecule has 114 valence electrons. The number of ether oxygens (including phenoxy) is 1. The van der Waals surface area contributed by atoms with E-state index in [0.717, 1.165) is 0 Å². The third kappa shape index (κ3) is 3.08. The van der Waals surface area contributed by atoms with Crippen LogP contribution in [-0.2, 0) is 4.74 Å². The van der Waals surface area contributed by atoms with Gasteiger partial charge in [0, 0.05) is 5.56 Å². The van der Waals surface area contributed by atoms with E-state index >= 15 is 0 Å². The summed E-state index contributed by atoms with van der Waals surface area (Å²) in [7, 11) is 1.20. The van der Waals surface area contributed by atoms with Gasteiger partial charge in [0.1, 0.15) is 0 Å². The molecule has 0 aliphatic heterocycles. The fourth-order valence-electron chi connectivity index (χ4n) is 2.03. The molecule has 2 N–H and O–H groups in total. The molecule has 0 radical (unpaired) electrons. The van der Waals surface area contributed by atoms with Crippen LogP contribution in [0.5, 0.6) is 0 Å². The molecule has 6 heteroatoms. The average Bonchev–Trinajstić information content (AvgIpc) is 2.55. The highest BCUT2D eigenvalue weighted by molar-refractivity contribution is 5.97. The SMILES string of the molecule is COC(=O)c1ccccc1C([O-])=C(c1ccccc1)N(O)O. The molecule has 6 nitrogen and oxygen atoms in total. The van der Waals surface area contributed by atoms with Crippen LogP contribution in [0.1, 0.15) is 21.5 Å². The minimum absolute atomic E-state index is 0.0151. The summed E-state index contributed by atoms with van der Waals surface area (Å²) < 4.78 is 4.63. The van der Waals surface area contributed by atoms with E-state index in [9.17, 15) is 20.3 Å². The molecule has 0 aromatic heterocycles. The number of methoxy groups -OCH3 is 1. The highest BCUT2D eigenvalue weighted by atomic mass is 16.8. The molecular weight excluding hydrogens is 286 g/mol. The molecule has 22 heavy (non-hydrogen) atoms. The normalized spacial score (nSPS) is 11.6. The molecule has 0 aliphatic rings. The van der Waals surface area contributed by atoms with Crippen LogP contribution in [0.15, 0.2) is 54.6 Å². The second kappa shape index (κ2) is 6.75. The van der Waals surface area contributed by atoms with Crippen LogP contribution in [0.25, 0.3) is 11.5 Å². The lowest BCUT2D eigenvalue weighted by molar-refractivity contribution is -0.272. The van der Waals surface area contributed by atoms with Gasteiger partial charge in [0.2, 0.25) is 0 Å². The third-order valence-electron chi connectivity index (χ3n) is 3.04. The number of hydroxylamine groups is 2. The summed E-state index contributed by atoms with van der Waals surface area (Å²) in [6.07, 6.45) is 0. The molecule has 0 saturated heterocycles. The van der Waals surface area contributed by atoms with Crippen molar-refractivity contribution in [3.63, 3.8) is 0 Å². The molecule has 0 bridgehead atoms. The Morgan fingerprint density at radius 2 is 1.55 bits per heavy atom. The van der Waals surface area contributed by atoms with Crippen molar-refractivity contribution in [3.05, 3.63) is 71.3 Å². The molecule has 2 rings (SSSR count). The second-order valence-electron chi connectivity index (χ2n) is 4.37. The Labute approximate surface area is 127 Å². The number of carbonyl (C=O) groups is 1. The Morgan fingerprint density at radius 1 is 1.00 bits per heavy atom. The Morgan fingerprint density at radius 3 is 2.09 bits per heavy atom. The van der Waals surface area contributed by atoms with Gasteiger partial charge in [0.15, 0.2) is 0 Å². The Bertz CT molecular complexity index is 695. The van der Waals surface area contributed by atoms with Gasteiger partial charge in [-0.15, -0.1) is 5.23 Å². The number of hydrogen-bond acceptors (Lipinski definition) is 6. The largest absolute Gasteiger partial charge is 0.871 e. The zero-order valence-corrected chi connectivity index (χ0v) is 11.8. The summed E-state index contributed by atoms with van der Waals surface area (Å²) >= 11 is 0. The van der Waals surface area contributed by atoms with E-state index in [1.165, 1.54) is 19.2 Å². The fourth-order valence-corrected chi connectivity index (χ4v) is 2.03. The first-order chi connectivity index (χ1) is 10.6. The van der Waals surface area contributed by atoms with Crippen LogP contribution >= 0.6 is 0 Å². The summed E-state index contributed by atoms with van der Waals surface area (Å²) in [6.45, 7) is 0. The predicted octanol–water partition coefficient (Wildman–Crippen LogP) is 1.74. The van der Waals surface area contributed by atoms with E-state index in [0.29, 0.717) is 5.56 Å². The van der Waals surface area contributed by atoms with E-state index in [1.54, 1.807) is 42.5 Å². The van der Waals surface area contributed by atoms with Crippen LogP contribution in [0.3, 0.4) is 0 Å².